The third kappa shape index (κ3) is 3.27. The highest BCUT2D eigenvalue weighted by molar-refractivity contribution is 5.94. The molecule has 0 aliphatic heterocycles. The van der Waals surface area contributed by atoms with Gasteiger partial charge >= 0.3 is 11.9 Å². The Hall–Kier alpha value is -2.77. The molecule has 0 saturated heterocycles. The smallest absolute Gasteiger partial charge is 0.374 e. The van der Waals surface area contributed by atoms with Crippen LogP contribution in [0.3, 0.4) is 0 Å². The molecular weight excluding hydrogens is 290 g/mol. The monoisotopic (exact) mass is 307 g/mol. The summed E-state index contributed by atoms with van der Waals surface area (Å²) in [6.07, 6.45) is 2.74. The largest absolute Gasteiger partial charge is 0.462 e. The Labute approximate surface area is 126 Å². The predicted molar refractivity (Wildman–Crippen MR) is 76.3 cm³/mol. The number of nitrogens with two attached hydrogens (primary N) is 1. The zero-order valence-corrected chi connectivity index (χ0v) is 12.4. The molecule has 118 valence electrons. The average molecular weight is 307 g/mol. The number of aryl methyl sites for hydroxylation is 1. The molecule has 0 atom stereocenters. The number of carbonyl (C=O) groups excluding carboxylic acids is 2. The van der Waals surface area contributed by atoms with Crippen molar-refractivity contribution >= 4 is 17.8 Å². The minimum Gasteiger partial charge on any atom is -0.462 e. The maximum absolute atomic E-state index is 11.7. The summed E-state index contributed by atoms with van der Waals surface area (Å²) in [5.74, 6) is -0.752. The lowest BCUT2D eigenvalue weighted by Gasteiger charge is -2.06. The molecule has 0 radical (unpaired) electrons. The molecule has 0 bridgehead atoms. The molecule has 8 nitrogen and oxygen atoms in total. The highest BCUT2D eigenvalue weighted by Crippen LogP contribution is 2.13. The number of anilines is 1. The van der Waals surface area contributed by atoms with Crippen LogP contribution in [0.2, 0.25) is 0 Å². The van der Waals surface area contributed by atoms with E-state index in [1.54, 1.807) is 19.9 Å². The Kier molecular flexibility index (Phi) is 4.82. The first-order valence-electron chi connectivity index (χ1n) is 6.74. The zero-order valence-electron chi connectivity index (χ0n) is 12.4. The molecule has 0 unspecified atom stereocenters. The molecule has 2 heterocycles. The molecule has 0 aromatic carbocycles. The summed E-state index contributed by atoms with van der Waals surface area (Å²) >= 11 is 0. The van der Waals surface area contributed by atoms with Gasteiger partial charge in [0, 0.05) is 5.56 Å². The van der Waals surface area contributed by atoms with Crippen LogP contribution in [0.5, 0.6) is 0 Å². The molecule has 0 amide bonds. The molecule has 2 rings (SSSR count). The van der Waals surface area contributed by atoms with Crippen LogP contribution >= 0.6 is 0 Å². The van der Waals surface area contributed by atoms with Crippen LogP contribution in [0.4, 0.5) is 5.82 Å². The summed E-state index contributed by atoms with van der Waals surface area (Å²) in [6.45, 7) is 3.97. The Balaban J connectivity index is 1.91. The molecule has 2 N–H and O–H groups in total. The van der Waals surface area contributed by atoms with Gasteiger partial charge in [0.25, 0.3) is 0 Å². The summed E-state index contributed by atoms with van der Waals surface area (Å²) in [5, 5.41) is 3.97. The molecule has 0 saturated carbocycles. The van der Waals surface area contributed by atoms with E-state index in [4.69, 9.17) is 19.6 Å². The standard InChI is InChI=1S/C14H17N3O5/c1-3-20-13(18)10-8-16-17(12(10)15)5-7-22-14(19)11-9(2)4-6-21-11/h4,6,8H,3,5,7,15H2,1-2H3. The lowest BCUT2D eigenvalue weighted by Crippen LogP contribution is -2.15. The number of rotatable bonds is 6. The molecule has 2 aromatic rings. The fourth-order valence-corrected chi connectivity index (χ4v) is 1.81. The van der Waals surface area contributed by atoms with E-state index in [0.717, 1.165) is 0 Å². The quantitative estimate of drug-likeness (QED) is 0.803. The number of furan rings is 1. The Morgan fingerprint density at radius 1 is 1.36 bits per heavy atom. The van der Waals surface area contributed by atoms with Crippen molar-refractivity contribution in [3.8, 4) is 0 Å². The van der Waals surface area contributed by atoms with Crippen molar-refractivity contribution in [3.05, 3.63) is 35.4 Å². The predicted octanol–water partition coefficient (Wildman–Crippen LogP) is 1.40. The molecule has 0 aliphatic rings. The molecular formula is C14H17N3O5. The van der Waals surface area contributed by atoms with E-state index in [9.17, 15) is 9.59 Å². The number of aromatic nitrogens is 2. The van der Waals surface area contributed by atoms with Gasteiger partial charge in [0.1, 0.15) is 18.0 Å². The fourth-order valence-electron chi connectivity index (χ4n) is 1.81. The van der Waals surface area contributed by atoms with Crippen LogP contribution in [-0.2, 0) is 16.0 Å². The van der Waals surface area contributed by atoms with Crippen molar-refractivity contribution in [1.82, 2.24) is 9.78 Å². The van der Waals surface area contributed by atoms with Crippen molar-refractivity contribution in [2.75, 3.05) is 18.9 Å². The number of ether oxygens (including phenoxy) is 2. The number of esters is 2. The van der Waals surface area contributed by atoms with E-state index in [0.29, 0.717) is 5.56 Å². The molecule has 2 aromatic heterocycles. The zero-order chi connectivity index (χ0) is 16.1. The Bertz CT molecular complexity index is 674. The number of nitrogen functional groups attached to an aromatic ring is 1. The third-order valence-corrected chi connectivity index (χ3v) is 2.96. The van der Waals surface area contributed by atoms with Crippen LogP contribution in [0.15, 0.2) is 22.9 Å². The first kappa shape index (κ1) is 15.6. The second-order valence-corrected chi connectivity index (χ2v) is 4.46. The highest BCUT2D eigenvalue weighted by Gasteiger charge is 2.17. The third-order valence-electron chi connectivity index (χ3n) is 2.96. The summed E-state index contributed by atoms with van der Waals surface area (Å²) in [6, 6.07) is 1.67. The van der Waals surface area contributed by atoms with Gasteiger partial charge < -0.3 is 19.6 Å². The first-order valence-corrected chi connectivity index (χ1v) is 6.74. The number of hydrogen-bond acceptors (Lipinski definition) is 7. The van der Waals surface area contributed by atoms with Crippen LogP contribution in [0, 0.1) is 6.92 Å². The Morgan fingerprint density at radius 2 is 2.14 bits per heavy atom. The lowest BCUT2D eigenvalue weighted by atomic mass is 10.3. The van der Waals surface area contributed by atoms with E-state index in [1.807, 2.05) is 0 Å². The SMILES string of the molecule is CCOC(=O)c1cnn(CCOC(=O)c2occc2C)c1N. The van der Waals surface area contributed by atoms with E-state index >= 15 is 0 Å². The van der Waals surface area contributed by atoms with Gasteiger partial charge in [-0.3, -0.25) is 0 Å². The summed E-state index contributed by atoms with van der Waals surface area (Å²) in [5.41, 5.74) is 6.70. The van der Waals surface area contributed by atoms with Gasteiger partial charge in [-0.05, 0) is 19.9 Å². The molecule has 0 spiro atoms. The van der Waals surface area contributed by atoms with Gasteiger partial charge in [-0.1, -0.05) is 0 Å². The van der Waals surface area contributed by atoms with Crippen molar-refractivity contribution in [1.29, 1.82) is 0 Å². The number of nitrogens with zero attached hydrogens (tertiary/aromatic N) is 2. The van der Waals surface area contributed by atoms with Gasteiger partial charge in [0.05, 0.1) is 25.6 Å². The molecule has 8 heteroatoms. The van der Waals surface area contributed by atoms with E-state index in [2.05, 4.69) is 5.10 Å². The summed E-state index contributed by atoms with van der Waals surface area (Å²) < 4.78 is 16.3. The second kappa shape index (κ2) is 6.79. The second-order valence-electron chi connectivity index (χ2n) is 4.46. The van der Waals surface area contributed by atoms with Gasteiger partial charge in [0.2, 0.25) is 5.76 Å². The topological polar surface area (TPSA) is 110 Å². The normalized spacial score (nSPS) is 10.5. The van der Waals surface area contributed by atoms with E-state index in [-0.39, 0.29) is 36.9 Å². The first-order chi connectivity index (χ1) is 10.5. The van der Waals surface area contributed by atoms with Crippen molar-refractivity contribution in [2.45, 2.75) is 20.4 Å². The van der Waals surface area contributed by atoms with Crippen LogP contribution < -0.4 is 5.73 Å². The van der Waals surface area contributed by atoms with Crippen molar-refractivity contribution in [3.63, 3.8) is 0 Å². The summed E-state index contributed by atoms with van der Waals surface area (Å²) in [7, 11) is 0. The molecule has 0 fully saturated rings. The van der Waals surface area contributed by atoms with Gasteiger partial charge in [-0.25, -0.2) is 14.3 Å². The maximum Gasteiger partial charge on any atom is 0.374 e. The van der Waals surface area contributed by atoms with Crippen LogP contribution in [0.25, 0.3) is 0 Å². The van der Waals surface area contributed by atoms with E-state index in [1.165, 1.54) is 17.1 Å². The van der Waals surface area contributed by atoms with Crippen molar-refractivity contribution in [2.24, 2.45) is 0 Å². The van der Waals surface area contributed by atoms with Crippen LogP contribution in [-0.4, -0.2) is 34.9 Å². The highest BCUT2D eigenvalue weighted by atomic mass is 16.5. The van der Waals surface area contributed by atoms with Gasteiger partial charge in [0.15, 0.2) is 0 Å². The molecule has 0 aliphatic carbocycles. The molecule has 22 heavy (non-hydrogen) atoms. The van der Waals surface area contributed by atoms with E-state index < -0.39 is 11.9 Å². The number of hydrogen-bond donors (Lipinski definition) is 1. The van der Waals surface area contributed by atoms with Gasteiger partial charge in [-0.2, -0.15) is 5.10 Å². The van der Waals surface area contributed by atoms with Crippen molar-refractivity contribution < 1.29 is 23.5 Å². The lowest BCUT2D eigenvalue weighted by molar-refractivity contribution is 0.0449. The fraction of sp³-hybridized carbons (Fsp3) is 0.357. The maximum atomic E-state index is 11.7. The summed E-state index contributed by atoms with van der Waals surface area (Å²) in [4.78, 5) is 23.3. The van der Waals surface area contributed by atoms with Gasteiger partial charge in [-0.15, -0.1) is 0 Å². The van der Waals surface area contributed by atoms with Crippen LogP contribution in [0.1, 0.15) is 33.4 Å². The number of carbonyl (C=O) groups is 2. The minimum absolute atomic E-state index is 0.0487. The minimum atomic E-state index is -0.557. The average Bonchev–Trinajstić information content (AvgIpc) is 3.06. The Morgan fingerprint density at radius 3 is 2.77 bits per heavy atom.